The third-order valence-corrected chi connectivity index (χ3v) is 4.19. The van der Waals surface area contributed by atoms with Gasteiger partial charge >= 0.3 is 11.9 Å². The van der Waals surface area contributed by atoms with Crippen molar-refractivity contribution in [3.63, 3.8) is 0 Å². The van der Waals surface area contributed by atoms with Gasteiger partial charge in [-0.15, -0.1) is 0 Å². The number of aromatic nitrogens is 1. The van der Waals surface area contributed by atoms with Gasteiger partial charge in [-0.25, -0.2) is 13.1 Å². The molecule has 10 heteroatoms. The van der Waals surface area contributed by atoms with E-state index in [1.165, 1.54) is 13.8 Å². The first kappa shape index (κ1) is 16.1. The summed E-state index contributed by atoms with van der Waals surface area (Å²) >= 11 is 0. The smallest absolute Gasteiger partial charge is 0.308 e. The Morgan fingerprint density at radius 1 is 1.35 bits per heavy atom. The number of nitrogens with one attached hydrogen (secondary N) is 1. The normalized spacial score (nSPS) is 13.1. The number of nitrogens with zero attached hydrogens (tertiary/aromatic N) is 1. The summed E-state index contributed by atoms with van der Waals surface area (Å²) in [4.78, 5) is 21.2. The van der Waals surface area contributed by atoms with Crippen molar-refractivity contribution in [3.05, 3.63) is 11.5 Å². The van der Waals surface area contributed by atoms with Gasteiger partial charge in [0.1, 0.15) is 10.6 Å². The minimum atomic E-state index is -4.01. The maximum absolute atomic E-state index is 12.0. The molecule has 0 aliphatic heterocycles. The highest BCUT2D eigenvalue weighted by Gasteiger charge is 2.27. The molecule has 20 heavy (non-hydrogen) atoms. The second kappa shape index (κ2) is 6.01. The fraction of sp³-hybridized carbons (Fsp3) is 0.500. The van der Waals surface area contributed by atoms with E-state index < -0.39 is 40.8 Å². The van der Waals surface area contributed by atoms with Gasteiger partial charge in [-0.2, -0.15) is 0 Å². The Bertz CT molecular complexity index is 600. The molecular formula is C10H14N2O7S. The summed E-state index contributed by atoms with van der Waals surface area (Å²) in [5.41, 5.74) is 0.139. The lowest BCUT2D eigenvalue weighted by Gasteiger charge is -2.11. The van der Waals surface area contributed by atoms with Gasteiger partial charge in [0.25, 0.3) is 0 Å². The Hall–Kier alpha value is -1.94. The van der Waals surface area contributed by atoms with Crippen molar-refractivity contribution >= 4 is 22.0 Å². The van der Waals surface area contributed by atoms with E-state index in [9.17, 15) is 18.0 Å². The van der Waals surface area contributed by atoms with Gasteiger partial charge in [0, 0.05) is 6.54 Å². The van der Waals surface area contributed by atoms with Crippen molar-refractivity contribution < 1.29 is 32.7 Å². The van der Waals surface area contributed by atoms with Gasteiger partial charge in [-0.3, -0.25) is 9.59 Å². The first-order chi connectivity index (χ1) is 9.15. The summed E-state index contributed by atoms with van der Waals surface area (Å²) in [5.74, 6) is -4.01. The second-order valence-corrected chi connectivity index (χ2v) is 5.84. The second-order valence-electron chi connectivity index (χ2n) is 4.14. The molecule has 1 aromatic rings. The zero-order valence-electron chi connectivity index (χ0n) is 10.8. The highest BCUT2D eigenvalue weighted by molar-refractivity contribution is 7.89. The van der Waals surface area contributed by atoms with E-state index in [0.29, 0.717) is 0 Å². The zero-order valence-corrected chi connectivity index (χ0v) is 11.6. The van der Waals surface area contributed by atoms with Crippen molar-refractivity contribution in [1.82, 2.24) is 9.88 Å². The quantitative estimate of drug-likeness (QED) is 0.624. The van der Waals surface area contributed by atoms with Crippen LogP contribution in [0.25, 0.3) is 0 Å². The summed E-state index contributed by atoms with van der Waals surface area (Å²) in [6.45, 7) is 2.30. The molecule has 0 bridgehead atoms. The summed E-state index contributed by atoms with van der Waals surface area (Å²) in [6.07, 6.45) is -0.681. The number of aliphatic carboxylic acids is 2. The van der Waals surface area contributed by atoms with Crippen LogP contribution in [0.5, 0.6) is 0 Å². The Labute approximate surface area is 114 Å². The van der Waals surface area contributed by atoms with Crippen molar-refractivity contribution in [2.45, 2.75) is 25.2 Å². The molecule has 0 spiro atoms. The van der Waals surface area contributed by atoms with E-state index in [1.807, 2.05) is 0 Å². The van der Waals surface area contributed by atoms with Gasteiger partial charge in [-0.05, 0) is 13.8 Å². The van der Waals surface area contributed by atoms with Crippen LogP contribution >= 0.6 is 0 Å². The predicted octanol–water partition coefficient (Wildman–Crippen LogP) is -0.255. The largest absolute Gasteiger partial charge is 0.481 e. The molecule has 1 rings (SSSR count). The predicted molar refractivity (Wildman–Crippen MR) is 64.5 cm³/mol. The third kappa shape index (κ3) is 3.78. The monoisotopic (exact) mass is 306 g/mol. The third-order valence-electron chi connectivity index (χ3n) is 2.53. The molecule has 0 aliphatic rings. The first-order valence-corrected chi connectivity index (χ1v) is 7.00. The number of sulfonamides is 1. The number of hydrogen-bond donors (Lipinski definition) is 3. The first-order valence-electron chi connectivity index (χ1n) is 5.52. The number of carboxylic acids is 2. The number of carbonyl (C=O) groups is 2. The fourth-order valence-corrected chi connectivity index (χ4v) is 3.01. The van der Waals surface area contributed by atoms with Gasteiger partial charge in [0.2, 0.25) is 10.0 Å². The molecule has 0 aromatic carbocycles. The maximum atomic E-state index is 12.0. The minimum absolute atomic E-state index is 0.0695. The van der Waals surface area contributed by atoms with E-state index >= 15 is 0 Å². The van der Waals surface area contributed by atoms with Gasteiger partial charge < -0.3 is 14.7 Å². The average Bonchev–Trinajstić information content (AvgIpc) is 2.64. The van der Waals surface area contributed by atoms with Crippen LogP contribution in [0, 0.1) is 19.8 Å². The zero-order chi connectivity index (χ0) is 15.5. The molecule has 0 aliphatic carbocycles. The summed E-state index contributed by atoms with van der Waals surface area (Å²) in [7, 11) is -4.01. The SMILES string of the molecule is Cc1noc(C)c1S(=O)(=O)NCC(CC(=O)O)C(=O)O. The standard InChI is InChI=1S/C10H14N2O7S/c1-5-9(6(2)19-12-5)20(17,18)11-4-7(10(15)16)3-8(13)14/h7,11H,3-4H2,1-2H3,(H,13,14)(H,15,16). The van der Waals surface area contributed by atoms with Crippen LogP contribution in [0.15, 0.2) is 9.42 Å². The molecule has 1 aromatic heterocycles. The summed E-state index contributed by atoms with van der Waals surface area (Å²) in [5, 5.41) is 20.9. The van der Waals surface area contributed by atoms with Crippen molar-refractivity contribution in [2.75, 3.05) is 6.54 Å². The van der Waals surface area contributed by atoms with E-state index in [-0.39, 0.29) is 16.3 Å². The van der Waals surface area contributed by atoms with Crippen LogP contribution in [0.1, 0.15) is 17.9 Å². The minimum Gasteiger partial charge on any atom is -0.481 e. The van der Waals surface area contributed by atoms with Gasteiger partial charge in [0.05, 0.1) is 12.3 Å². The molecule has 0 fully saturated rings. The number of rotatable bonds is 7. The van der Waals surface area contributed by atoms with Crippen LogP contribution in [0.2, 0.25) is 0 Å². The molecular weight excluding hydrogens is 292 g/mol. The Balaban J connectivity index is 2.87. The van der Waals surface area contributed by atoms with Crippen LogP contribution in [-0.4, -0.2) is 42.3 Å². The molecule has 9 nitrogen and oxygen atoms in total. The molecule has 1 heterocycles. The van der Waals surface area contributed by atoms with Crippen LogP contribution in [0.4, 0.5) is 0 Å². The maximum Gasteiger partial charge on any atom is 0.308 e. The van der Waals surface area contributed by atoms with E-state index in [0.717, 1.165) is 0 Å². The molecule has 0 saturated heterocycles. The molecule has 0 saturated carbocycles. The Kier molecular flexibility index (Phi) is 4.84. The fourth-order valence-electron chi connectivity index (χ4n) is 1.60. The lowest BCUT2D eigenvalue weighted by atomic mass is 10.1. The van der Waals surface area contributed by atoms with Crippen molar-refractivity contribution in [2.24, 2.45) is 5.92 Å². The highest BCUT2D eigenvalue weighted by atomic mass is 32.2. The summed E-state index contributed by atoms with van der Waals surface area (Å²) in [6, 6.07) is 0. The van der Waals surface area contributed by atoms with Crippen LogP contribution < -0.4 is 4.72 Å². The summed E-state index contributed by atoms with van der Waals surface area (Å²) < 4.78 is 30.8. The number of aryl methyl sites for hydroxylation is 2. The van der Waals surface area contributed by atoms with E-state index in [4.69, 9.17) is 14.7 Å². The number of carboxylic acid groups (broad SMARTS) is 2. The number of hydrogen-bond acceptors (Lipinski definition) is 6. The Morgan fingerprint density at radius 3 is 2.35 bits per heavy atom. The lowest BCUT2D eigenvalue weighted by molar-refractivity contribution is -0.147. The average molecular weight is 306 g/mol. The molecule has 1 atom stereocenters. The van der Waals surface area contributed by atoms with E-state index in [2.05, 4.69) is 9.88 Å². The molecule has 0 amide bonds. The molecule has 112 valence electrons. The van der Waals surface area contributed by atoms with Crippen LogP contribution in [0.3, 0.4) is 0 Å². The van der Waals surface area contributed by atoms with E-state index in [1.54, 1.807) is 0 Å². The molecule has 3 N–H and O–H groups in total. The topological polar surface area (TPSA) is 147 Å². The Morgan fingerprint density at radius 2 is 1.95 bits per heavy atom. The van der Waals surface area contributed by atoms with Crippen molar-refractivity contribution in [1.29, 1.82) is 0 Å². The van der Waals surface area contributed by atoms with Crippen molar-refractivity contribution in [3.8, 4) is 0 Å². The van der Waals surface area contributed by atoms with Crippen LogP contribution in [-0.2, 0) is 19.6 Å². The lowest BCUT2D eigenvalue weighted by Crippen LogP contribution is -2.34. The van der Waals surface area contributed by atoms with Gasteiger partial charge in [-0.1, -0.05) is 5.16 Å². The van der Waals surface area contributed by atoms with Gasteiger partial charge in [0.15, 0.2) is 5.76 Å². The highest BCUT2D eigenvalue weighted by Crippen LogP contribution is 2.18. The molecule has 1 unspecified atom stereocenters. The molecule has 0 radical (unpaired) electrons.